The van der Waals surface area contributed by atoms with Crippen molar-refractivity contribution in [1.82, 2.24) is 4.90 Å². The van der Waals surface area contributed by atoms with Gasteiger partial charge in [-0.05, 0) is 60.7 Å². The van der Waals surface area contributed by atoms with Crippen LogP contribution in [0.5, 0.6) is 11.5 Å². The molecule has 1 atom stereocenters. The lowest BCUT2D eigenvalue weighted by Gasteiger charge is -2.39. The number of fused-ring (bicyclic) bond motifs is 2. The molecule has 28 heavy (non-hydrogen) atoms. The van der Waals surface area contributed by atoms with E-state index in [1.54, 1.807) is 7.11 Å². The number of piperazine rings is 1. The maximum absolute atomic E-state index is 5.39. The SMILES string of the molecule is COc1ccc2c(c1)[C@@H](CCN1CCN(c3cccc4c3CCOO4)CC1)C2. The van der Waals surface area contributed by atoms with Gasteiger partial charge in [-0.15, -0.1) is 0 Å². The highest BCUT2D eigenvalue weighted by molar-refractivity contribution is 5.60. The number of nitrogens with zero attached hydrogens (tertiary/aromatic N) is 2. The Morgan fingerprint density at radius 1 is 1.11 bits per heavy atom. The summed E-state index contributed by atoms with van der Waals surface area (Å²) in [6.45, 7) is 6.22. The van der Waals surface area contributed by atoms with Crippen LogP contribution in [0.15, 0.2) is 36.4 Å². The van der Waals surface area contributed by atoms with E-state index >= 15 is 0 Å². The minimum atomic E-state index is 0.637. The number of hydrogen-bond donors (Lipinski definition) is 0. The molecule has 0 unspecified atom stereocenters. The van der Waals surface area contributed by atoms with Gasteiger partial charge in [0.15, 0.2) is 5.75 Å². The van der Waals surface area contributed by atoms with E-state index < -0.39 is 0 Å². The van der Waals surface area contributed by atoms with Gasteiger partial charge in [-0.1, -0.05) is 12.1 Å². The molecular formula is C23H28N2O3. The van der Waals surface area contributed by atoms with E-state index in [0.717, 1.165) is 44.1 Å². The molecule has 5 nitrogen and oxygen atoms in total. The van der Waals surface area contributed by atoms with Crippen molar-refractivity contribution < 1.29 is 14.5 Å². The van der Waals surface area contributed by atoms with Gasteiger partial charge < -0.3 is 14.5 Å². The van der Waals surface area contributed by atoms with Crippen LogP contribution in [0.4, 0.5) is 5.69 Å². The molecule has 0 bridgehead atoms. The lowest BCUT2D eigenvalue weighted by atomic mass is 9.75. The van der Waals surface area contributed by atoms with Crippen molar-refractivity contribution in [3.05, 3.63) is 53.1 Å². The Balaban J connectivity index is 1.15. The lowest BCUT2D eigenvalue weighted by Crippen LogP contribution is -2.47. The first-order valence-corrected chi connectivity index (χ1v) is 10.4. The molecule has 0 aromatic heterocycles. The summed E-state index contributed by atoms with van der Waals surface area (Å²) in [5.41, 5.74) is 5.61. The fraction of sp³-hybridized carbons (Fsp3) is 0.478. The van der Waals surface area contributed by atoms with Crippen molar-refractivity contribution in [3.63, 3.8) is 0 Å². The van der Waals surface area contributed by atoms with Crippen molar-refractivity contribution in [2.45, 2.75) is 25.2 Å². The standard InChI is InChI=1S/C23H28N2O3/c1-26-19-6-5-17-15-18(21(17)16-19)7-9-24-10-12-25(13-11-24)22-3-2-4-23-20(22)8-14-27-28-23/h2-6,16,18H,7-15H2,1H3/t18-/m0/s1. The van der Waals surface area contributed by atoms with Gasteiger partial charge in [0.2, 0.25) is 0 Å². The first-order chi connectivity index (χ1) is 13.8. The van der Waals surface area contributed by atoms with Gasteiger partial charge in [0.25, 0.3) is 0 Å². The smallest absolute Gasteiger partial charge is 0.170 e. The number of methoxy groups -OCH3 is 1. The molecule has 0 spiro atoms. The molecule has 0 saturated carbocycles. The summed E-state index contributed by atoms with van der Waals surface area (Å²) in [5.74, 6) is 2.56. The molecule has 5 heteroatoms. The third kappa shape index (κ3) is 3.33. The molecule has 0 radical (unpaired) electrons. The number of ether oxygens (including phenoxy) is 1. The molecule has 1 fully saturated rings. The van der Waals surface area contributed by atoms with E-state index in [9.17, 15) is 0 Å². The second-order valence-corrected chi connectivity index (χ2v) is 7.99. The summed E-state index contributed by atoms with van der Waals surface area (Å²) in [6.07, 6.45) is 3.39. The molecule has 0 N–H and O–H groups in total. The van der Waals surface area contributed by atoms with Gasteiger partial charge in [-0.25, -0.2) is 0 Å². The molecule has 5 rings (SSSR count). The fourth-order valence-electron chi connectivity index (χ4n) is 4.75. The number of hydrogen-bond acceptors (Lipinski definition) is 5. The van der Waals surface area contributed by atoms with Gasteiger partial charge >= 0.3 is 0 Å². The van der Waals surface area contributed by atoms with E-state index in [-0.39, 0.29) is 0 Å². The van der Waals surface area contributed by atoms with E-state index in [2.05, 4.69) is 40.1 Å². The molecule has 1 aliphatic carbocycles. The summed E-state index contributed by atoms with van der Waals surface area (Å²) in [6, 6.07) is 12.8. The Morgan fingerprint density at radius 2 is 2.00 bits per heavy atom. The van der Waals surface area contributed by atoms with E-state index in [0.29, 0.717) is 12.5 Å². The third-order valence-corrected chi connectivity index (χ3v) is 6.46. The van der Waals surface area contributed by atoms with Crippen LogP contribution in [0.1, 0.15) is 29.0 Å². The highest BCUT2D eigenvalue weighted by atomic mass is 17.2. The summed E-state index contributed by atoms with van der Waals surface area (Å²) in [7, 11) is 1.75. The van der Waals surface area contributed by atoms with Gasteiger partial charge in [-0.3, -0.25) is 4.90 Å². The molecule has 3 aliphatic rings. The zero-order valence-electron chi connectivity index (χ0n) is 16.5. The van der Waals surface area contributed by atoms with Crippen LogP contribution in [0.25, 0.3) is 0 Å². The molecule has 2 heterocycles. The van der Waals surface area contributed by atoms with Crippen LogP contribution >= 0.6 is 0 Å². The second-order valence-electron chi connectivity index (χ2n) is 7.99. The van der Waals surface area contributed by atoms with Crippen molar-refractivity contribution >= 4 is 5.69 Å². The molecule has 2 aromatic carbocycles. The van der Waals surface area contributed by atoms with Crippen LogP contribution in [0, 0.1) is 0 Å². The van der Waals surface area contributed by atoms with Crippen LogP contribution in [-0.4, -0.2) is 51.3 Å². The summed E-state index contributed by atoms with van der Waals surface area (Å²) < 4.78 is 5.39. The molecule has 2 aliphatic heterocycles. The Labute approximate surface area is 166 Å². The van der Waals surface area contributed by atoms with E-state index in [1.165, 1.54) is 41.8 Å². The largest absolute Gasteiger partial charge is 0.497 e. The Kier molecular flexibility index (Phi) is 4.87. The third-order valence-electron chi connectivity index (χ3n) is 6.46. The van der Waals surface area contributed by atoms with Crippen LogP contribution in [0.2, 0.25) is 0 Å². The quantitative estimate of drug-likeness (QED) is 0.743. The fourth-order valence-corrected chi connectivity index (χ4v) is 4.75. The van der Waals surface area contributed by atoms with Gasteiger partial charge in [0, 0.05) is 43.9 Å². The van der Waals surface area contributed by atoms with Crippen LogP contribution in [0.3, 0.4) is 0 Å². The summed E-state index contributed by atoms with van der Waals surface area (Å²) in [5, 5.41) is 0. The first-order valence-electron chi connectivity index (χ1n) is 10.4. The van der Waals surface area contributed by atoms with Crippen molar-refractivity contribution in [2.75, 3.05) is 51.3 Å². The van der Waals surface area contributed by atoms with Crippen molar-refractivity contribution in [2.24, 2.45) is 0 Å². The normalized spacial score (nSPS) is 21.3. The number of benzene rings is 2. The number of rotatable bonds is 5. The molecule has 148 valence electrons. The minimum absolute atomic E-state index is 0.637. The summed E-state index contributed by atoms with van der Waals surface area (Å²) >= 11 is 0. The van der Waals surface area contributed by atoms with E-state index in [1.807, 2.05) is 6.07 Å². The second kappa shape index (κ2) is 7.64. The predicted molar refractivity (Wildman–Crippen MR) is 109 cm³/mol. The highest BCUT2D eigenvalue weighted by Crippen LogP contribution is 2.40. The Bertz CT molecular complexity index is 846. The predicted octanol–water partition coefficient (Wildman–Crippen LogP) is 3.41. The zero-order valence-corrected chi connectivity index (χ0v) is 16.5. The summed E-state index contributed by atoms with van der Waals surface area (Å²) in [4.78, 5) is 15.6. The van der Waals surface area contributed by atoms with Gasteiger partial charge in [0.1, 0.15) is 5.75 Å². The minimum Gasteiger partial charge on any atom is -0.497 e. The average molecular weight is 380 g/mol. The van der Waals surface area contributed by atoms with Crippen molar-refractivity contribution in [1.29, 1.82) is 0 Å². The van der Waals surface area contributed by atoms with Gasteiger partial charge in [0.05, 0.1) is 13.7 Å². The molecule has 1 saturated heterocycles. The first kappa shape index (κ1) is 17.8. The lowest BCUT2D eigenvalue weighted by molar-refractivity contribution is -0.215. The molecule has 2 aromatic rings. The van der Waals surface area contributed by atoms with E-state index in [4.69, 9.17) is 14.5 Å². The molecular weight excluding hydrogens is 352 g/mol. The topological polar surface area (TPSA) is 34.2 Å². The van der Waals surface area contributed by atoms with Crippen LogP contribution < -0.4 is 14.5 Å². The Hall–Kier alpha value is -2.24. The maximum Gasteiger partial charge on any atom is 0.170 e. The van der Waals surface area contributed by atoms with Gasteiger partial charge in [-0.2, -0.15) is 4.89 Å². The zero-order chi connectivity index (χ0) is 18.9. The Morgan fingerprint density at radius 3 is 2.86 bits per heavy atom. The van der Waals surface area contributed by atoms with Crippen molar-refractivity contribution in [3.8, 4) is 11.5 Å². The number of anilines is 1. The maximum atomic E-state index is 5.39. The highest BCUT2D eigenvalue weighted by Gasteiger charge is 2.28. The monoisotopic (exact) mass is 380 g/mol. The van der Waals surface area contributed by atoms with Crippen LogP contribution in [-0.2, 0) is 17.7 Å². The average Bonchev–Trinajstić information content (AvgIpc) is 2.74. The molecule has 0 amide bonds.